The van der Waals surface area contributed by atoms with E-state index in [0.29, 0.717) is 13.0 Å². The number of hydrogen-bond acceptors (Lipinski definition) is 5. The summed E-state index contributed by atoms with van der Waals surface area (Å²) in [5.74, 6) is -0.888. The number of nitrogens with zero attached hydrogens (tertiary/aromatic N) is 1. The zero-order chi connectivity index (χ0) is 15.6. The maximum absolute atomic E-state index is 12.5. The summed E-state index contributed by atoms with van der Waals surface area (Å²) in [5, 5.41) is 4.93. The molecule has 1 saturated heterocycles. The predicted molar refractivity (Wildman–Crippen MR) is 66.4 cm³/mol. The van der Waals surface area contributed by atoms with Crippen molar-refractivity contribution in [3.63, 3.8) is 0 Å². The summed E-state index contributed by atoms with van der Waals surface area (Å²) in [6.07, 6.45) is -1.83. The van der Waals surface area contributed by atoms with Gasteiger partial charge in [0.25, 0.3) is 6.43 Å². The van der Waals surface area contributed by atoms with E-state index in [1.54, 1.807) is 0 Å². The van der Waals surface area contributed by atoms with Crippen LogP contribution in [0.4, 0.5) is 8.78 Å². The molecule has 2 heterocycles. The van der Waals surface area contributed by atoms with E-state index >= 15 is 0 Å². The van der Waals surface area contributed by atoms with E-state index < -0.39 is 40.0 Å². The van der Waals surface area contributed by atoms with Crippen LogP contribution in [0.25, 0.3) is 0 Å². The Bertz CT molecular complexity index is 623. The van der Waals surface area contributed by atoms with E-state index in [1.165, 1.54) is 0 Å². The van der Waals surface area contributed by atoms with Crippen molar-refractivity contribution >= 4 is 16.0 Å². The number of alkyl halides is 2. The Labute approximate surface area is 119 Å². The van der Waals surface area contributed by atoms with Crippen molar-refractivity contribution in [1.29, 1.82) is 0 Å². The van der Waals surface area contributed by atoms with Gasteiger partial charge in [-0.2, -0.15) is 0 Å². The summed E-state index contributed by atoms with van der Waals surface area (Å²) in [4.78, 5) is 11.5. The normalized spacial score (nSPS) is 19.1. The molecule has 1 aromatic rings. The van der Waals surface area contributed by atoms with Gasteiger partial charge in [-0.15, -0.1) is 0 Å². The molecule has 0 spiro atoms. The zero-order valence-corrected chi connectivity index (χ0v) is 11.7. The highest BCUT2D eigenvalue weighted by Gasteiger charge is 2.25. The Balaban J connectivity index is 2.26. The summed E-state index contributed by atoms with van der Waals surface area (Å²) in [6, 6.07) is 0.926. The Morgan fingerprint density at radius 3 is 2.81 bits per heavy atom. The van der Waals surface area contributed by atoms with Crippen LogP contribution in [0.5, 0.6) is 0 Å². The Hall–Kier alpha value is -1.52. The average molecular weight is 324 g/mol. The Morgan fingerprint density at radius 2 is 2.29 bits per heavy atom. The second-order valence-electron chi connectivity index (χ2n) is 4.54. The third-order valence-electron chi connectivity index (χ3n) is 2.91. The number of halogens is 2. The highest BCUT2D eigenvalue weighted by atomic mass is 32.2. The third-order valence-corrected chi connectivity index (χ3v) is 3.79. The molecular formula is C11H14F2N2O5S. The van der Waals surface area contributed by atoms with Crippen LogP contribution in [-0.4, -0.2) is 44.7 Å². The number of hydrogen-bond donors (Lipinski definition) is 1. The Kier molecular flexibility index (Phi) is 4.59. The number of aromatic nitrogens is 1. The molecule has 2 N–H and O–H groups in total. The first-order valence-corrected chi connectivity index (χ1v) is 7.62. The van der Waals surface area contributed by atoms with Crippen molar-refractivity contribution < 1.29 is 31.5 Å². The van der Waals surface area contributed by atoms with E-state index in [0.717, 1.165) is 16.8 Å². The smallest absolute Gasteiger partial charge is 0.355 e. The lowest BCUT2D eigenvalue weighted by Crippen LogP contribution is -2.21. The van der Waals surface area contributed by atoms with Gasteiger partial charge < -0.3 is 14.0 Å². The van der Waals surface area contributed by atoms with Gasteiger partial charge in [-0.3, -0.25) is 0 Å². The van der Waals surface area contributed by atoms with Gasteiger partial charge in [-0.1, -0.05) is 0 Å². The lowest BCUT2D eigenvalue weighted by Gasteiger charge is -2.12. The monoisotopic (exact) mass is 324 g/mol. The minimum absolute atomic E-state index is 0.226. The predicted octanol–water partition coefficient (Wildman–Crippen LogP) is 0.346. The van der Waals surface area contributed by atoms with E-state index in [4.69, 9.17) is 14.6 Å². The van der Waals surface area contributed by atoms with Crippen LogP contribution in [0, 0.1) is 0 Å². The van der Waals surface area contributed by atoms with Gasteiger partial charge in [0.2, 0.25) is 10.0 Å². The molecule has 0 radical (unpaired) electrons. The number of sulfonamides is 1. The van der Waals surface area contributed by atoms with Gasteiger partial charge in [0.1, 0.15) is 16.7 Å². The first kappa shape index (κ1) is 15.9. The van der Waals surface area contributed by atoms with Crippen molar-refractivity contribution in [3.05, 3.63) is 18.0 Å². The molecule has 118 valence electrons. The average Bonchev–Trinajstić information content (AvgIpc) is 2.96. The molecule has 1 aliphatic heterocycles. The number of esters is 1. The molecule has 1 aliphatic rings. The minimum atomic E-state index is -4.10. The van der Waals surface area contributed by atoms with Crippen molar-refractivity contribution in [2.75, 3.05) is 13.2 Å². The second kappa shape index (κ2) is 6.08. The van der Waals surface area contributed by atoms with Crippen molar-refractivity contribution in [1.82, 2.24) is 4.57 Å². The fraction of sp³-hybridized carbons (Fsp3) is 0.545. The molecule has 1 aromatic heterocycles. The molecular weight excluding hydrogens is 310 g/mol. The van der Waals surface area contributed by atoms with Gasteiger partial charge in [0.05, 0.1) is 19.8 Å². The molecule has 21 heavy (non-hydrogen) atoms. The van der Waals surface area contributed by atoms with Crippen LogP contribution < -0.4 is 5.14 Å². The lowest BCUT2D eigenvalue weighted by atomic mass is 10.3. The van der Waals surface area contributed by atoms with Crippen LogP contribution in [-0.2, 0) is 26.0 Å². The van der Waals surface area contributed by atoms with E-state index in [1.807, 2.05) is 0 Å². The van der Waals surface area contributed by atoms with Gasteiger partial charge in [-0.05, 0) is 6.07 Å². The summed E-state index contributed by atoms with van der Waals surface area (Å²) in [6.45, 7) is -0.164. The molecule has 10 heteroatoms. The quantitative estimate of drug-likeness (QED) is 0.788. The fourth-order valence-electron chi connectivity index (χ4n) is 1.93. The highest BCUT2D eigenvalue weighted by molar-refractivity contribution is 7.89. The van der Waals surface area contributed by atoms with E-state index in [2.05, 4.69) is 0 Å². The maximum Gasteiger partial charge on any atom is 0.355 e. The standard InChI is InChI=1S/C11H14F2N2O5S/c12-10(13)5-15-4-8(21(14,17)18)3-9(15)11(16)20-7-1-2-19-6-7/h3-4,7,10H,1-2,5-6H2,(H2,14,17,18). The minimum Gasteiger partial charge on any atom is -0.455 e. The zero-order valence-electron chi connectivity index (χ0n) is 10.9. The van der Waals surface area contributed by atoms with E-state index in [-0.39, 0.29) is 12.3 Å². The molecule has 1 atom stereocenters. The summed E-state index contributed by atoms with van der Waals surface area (Å²) >= 11 is 0. The number of rotatable bonds is 5. The molecule has 2 rings (SSSR count). The lowest BCUT2D eigenvalue weighted by molar-refractivity contribution is 0.0254. The first-order chi connectivity index (χ1) is 9.77. The first-order valence-electron chi connectivity index (χ1n) is 6.07. The largest absolute Gasteiger partial charge is 0.455 e. The SMILES string of the molecule is NS(=O)(=O)c1cc(C(=O)OC2CCOC2)n(CC(F)F)c1. The molecule has 1 unspecified atom stereocenters. The number of nitrogens with two attached hydrogens (primary N) is 1. The fourth-order valence-corrected chi connectivity index (χ4v) is 2.48. The summed E-state index contributed by atoms with van der Waals surface area (Å²) in [5.41, 5.74) is -0.286. The van der Waals surface area contributed by atoms with Crippen molar-refractivity contribution in [3.8, 4) is 0 Å². The van der Waals surface area contributed by atoms with Crippen LogP contribution in [0.3, 0.4) is 0 Å². The molecule has 0 aromatic carbocycles. The number of ether oxygens (including phenoxy) is 2. The summed E-state index contributed by atoms with van der Waals surface area (Å²) in [7, 11) is -4.10. The molecule has 0 aliphatic carbocycles. The molecule has 0 amide bonds. The molecule has 1 fully saturated rings. The van der Waals surface area contributed by atoms with Crippen molar-refractivity contribution in [2.24, 2.45) is 5.14 Å². The van der Waals surface area contributed by atoms with Gasteiger partial charge in [0, 0.05) is 12.6 Å². The molecule has 0 saturated carbocycles. The van der Waals surface area contributed by atoms with E-state index in [9.17, 15) is 22.0 Å². The summed E-state index contributed by atoms with van der Waals surface area (Å²) < 4.78 is 58.4. The van der Waals surface area contributed by atoms with Crippen LogP contribution in [0.15, 0.2) is 17.2 Å². The highest BCUT2D eigenvalue weighted by Crippen LogP contribution is 2.18. The molecule has 7 nitrogen and oxygen atoms in total. The number of carbonyl (C=O) groups excluding carboxylic acids is 1. The number of carbonyl (C=O) groups is 1. The Morgan fingerprint density at radius 1 is 1.57 bits per heavy atom. The van der Waals surface area contributed by atoms with Crippen LogP contribution in [0.1, 0.15) is 16.9 Å². The number of primary sulfonamides is 1. The maximum atomic E-state index is 12.5. The van der Waals surface area contributed by atoms with Crippen molar-refractivity contribution in [2.45, 2.75) is 30.4 Å². The van der Waals surface area contributed by atoms with Crippen LogP contribution in [0.2, 0.25) is 0 Å². The van der Waals surface area contributed by atoms with Gasteiger partial charge in [0.15, 0.2) is 0 Å². The second-order valence-corrected chi connectivity index (χ2v) is 6.10. The topological polar surface area (TPSA) is 101 Å². The van der Waals surface area contributed by atoms with Crippen LogP contribution >= 0.6 is 0 Å². The van der Waals surface area contributed by atoms with Gasteiger partial charge in [-0.25, -0.2) is 27.1 Å². The van der Waals surface area contributed by atoms with Gasteiger partial charge >= 0.3 is 5.97 Å². The third kappa shape index (κ3) is 3.99. The molecule has 0 bridgehead atoms.